The summed E-state index contributed by atoms with van der Waals surface area (Å²) in [6.07, 6.45) is 5.37. The van der Waals surface area contributed by atoms with E-state index in [1.54, 1.807) is 11.3 Å². The third kappa shape index (κ3) is 1.63. The lowest BCUT2D eigenvalue weighted by atomic mass is 10.2. The van der Waals surface area contributed by atoms with Gasteiger partial charge < -0.3 is 0 Å². The minimum absolute atomic E-state index is 1.07. The molecule has 0 N–H and O–H groups in total. The summed E-state index contributed by atoms with van der Waals surface area (Å²) in [6.45, 7) is 2.14. The fourth-order valence-corrected chi connectivity index (χ4v) is 2.00. The average Bonchev–Trinajstić information content (AvgIpc) is 2.62. The van der Waals surface area contributed by atoms with Crippen LogP contribution in [-0.4, -0.2) is 4.98 Å². The summed E-state index contributed by atoms with van der Waals surface area (Å²) in [6, 6.07) is 6.29. The molecule has 0 aliphatic carbocycles. The number of fused-ring (bicyclic) bond motifs is 1. The maximum atomic E-state index is 4.34. The Bertz CT molecular complexity index is 428. The first kappa shape index (κ1) is 8.45. The number of benzene rings is 1. The van der Waals surface area contributed by atoms with E-state index in [4.69, 9.17) is 0 Å². The van der Waals surface area contributed by atoms with E-state index in [-0.39, 0.29) is 0 Å². The molecule has 2 aromatic rings. The van der Waals surface area contributed by atoms with Gasteiger partial charge in [-0.05, 0) is 12.5 Å². The number of rotatable bonds is 2. The molecule has 0 bridgehead atoms. The second-order valence-electron chi connectivity index (χ2n) is 2.86. The summed E-state index contributed by atoms with van der Waals surface area (Å²) in [5, 5.41) is 0. The van der Waals surface area contributed by atoms with Gasteiger partial charge in [-0.25, -0.2) is 4.98 Å². The van der Waals surface area contributed by atoms with Crippen molar-refractivity contribution in [1.82, 2.24) is 4.98 Å². The van der Waals surface area contributed by atoms with Crippen molar-refractivity contribution in [3.63, 3.8) is 0 Å². The van der Waals surface area contributed by atoms with Crippen molar-refractivity contribution in [1.29, 1.82) is 0 Å². The summed E-state index contributed by atoms with van der Waals surface area (Å²) >= 11 is 1.69. The third-order valence-electron chi connectivity index (χ3n) is 1.92. The number of nitrogens with zero attached hydrogens (tertiary/aromatic N) is 1. The molecule has 1 aromatic heterocycles. The van der Waals surface area contributed by atoms with Crippen LogP contribution >= 0.6 is 11.3 Å². The molecule has 2 heteroatoms. The Morgan fingerprint density at radius 2 is 2.38 bits per heavy atom. The summed E-state index contributed by atoms with van der Waals surface area (Å²) < 4.78 is 1.26. The molecule has 0 saturated heterocycles. The van der Waals surface area contributed by atoms with Crippen LogP contribution in [0.5, 0.6) is 0 Å². The van der Waals surface area contributed by atoms with Gasteiger partial charge in [0.2, 0.25) is 0 Å². The molecular weight excluding hydrogens is 178 g/mol. The van der Waals surface area contributed by atoms with Crippen molar-refractivity contribution in [3.8, 4) is 0 Å². The monoisotopic (exact) mass is 189 g/mol. The maximum Gasteiger partial charge on any atom is 0.0884 e. The summed E-state index contributed by atoms with van der Waals surface area (Å²) in [7, 11) is 0. The van der Waals surface area contributed by atoms with Crippen LogP contribution in [0.2, 0.25) is 0 Å². The predicted molar refractivity (Wildman–Crippen MR) is 58.9 cm³/mol. The molecule has 0 radical (unpaired) electrons. The van der Waals surface area contributed by atoms with E-state index in [1.165, 1.54) is 10.3 Å². The molecule has 0 unspecified atom stereocenters. The first-order chi connectivity index (χ1) is 6.42. The molecule has 0 fully saturated rings. The number of hydrogen-bond donors (Lipinski definition) is 0. The quantitative estimate of drug-likeness (QED) is 0.701. The molecule has 13 heavy (non-hydrogen) atoms. The lowest BCUT2D eigenvalue weighted by Crippen LogP contribution is -1.74. The van der Waals surface area contributed by atoms with Crippen molar-refractivity contribution in [2.45, 2.75) is 13.3 Å². The van der Waals surface area contributed by atoms with E-state index in [0.717, 1.165) is 11.9 Å². The summed E-state index contributed by atoms with van der Waals surface area (Å²) in [4.78, 5) is 4.34. The summed E-state index contributed by atoms with van der Waals surface area (Å²) in [5.74, 6) is 0. The molecule has 1 aromatic carbocycles. The van der Waals surface area contributed by atoms with Crippen molar-refractivity contribution in [3.05, 3.63) is 35.3 Å². The Labute approximate surface area is 81.7 Å². The molecule has 66 valence electrons. The van der Waals surface area contributed by atoms with Crippen LogP contribution in [0.1, 0.15) is 18.9 Å². The number of aromatic nitrogens is 1. The Balaban J connectivity index is 2.54. The van der Waals surface area contributed by atoms with Gasteiger partial charge in [-0.1, -0.05) is 31.2 Å². The normalized spacial score (nSPS) is 11.5. The Hall–Kier alpha value is -1.15. The van der Waals surface area contributed by atoms with Gasteiger partial charge in [0.15, 0.2) is 0 Å². The van der Waals surface area contributed by atoms with Gasteiger partial charge in [-0.15, -0.1) is 11.3 Å². The molecule has 2 rings (SSSR count). The number of hydrogen-bond acceptors (Lipinski definition) is 2. The van der Waals surface area contributed by atoms with Crippen molar-refractivity contribution in [2.75, 3.05) is 0 Å². The van der Waals surface area contributed by atoms with Crippen LogP contribution in [0.3, 0.4) is 0 Å². The standard InChI is InChI=1S/C11H11NS/c1-2-3-5-9-6-4-7-10-11(9)12-8-13-10/h3-8H,2H2,1H3. The molecule has 1 nitrogen and oxygen atoms in total. The maximum absolute atomic E-state index is 4.34. The number of thiazole rings is 1. The largest absolute Gasteiger partial charge is 0.244 e. The highest BCUT2D eigenvalue weighted by molar-refractivity contribution is 7.16. The van der Waals surface area contributed by atoms with Gasteiger partial charge in [-0.2, -0.15) is 0 Å². The SMILES string of the molecule is CCC=Cc1cccc2scnc12. The molecular formula is C11H11NS. The van der Waals surface area contributed by atoms with E-state index >= 15 is 0 Å². The summed E-state index contributed by atoms with van der Waals surface area (Å²) in [5.41, 5.74) is 4.24. The van der Waals surface area contributed by atoms with Crippen LogP contribution < -0.4 is 0 Å². The fraction of sp³-hybridized carbons (Fsp3) is 0.182. The highest BCUT2D eigenvalue weighted by atomic mass is 32.1. The minimum atomic E-state index is 1.07. The molecule has 0 saturated carbocycles. The molecule has 0 spiro atoms. The van der Waals surface area contributed by atoms with Crippen molar-refractivity contribution < 1.29 is 0 Å². The number of allylic oxidation sites excluding steroid dienone is 1. The van der Waals surface area contributed by atoms with Crippen molar-refractivity contribution >= 4 is 27.6 Å². The molecule has 0 amide bonds. The predicted octanol–water partition coefficient (Wildman–Crippen LogP) is 3.72. The second kappa shape index (κ2) is 3.71. The van der Waals surface area contributed by atoms with E-state index in [1.807, 2.05) is 5.51 Å². The topological polar surface area (TPSA) is 12.9 Å². The highest BCUT2D eigenvalue weighted by Crippen LogP contribution is 2.21. The Morgan fingerprint density at radius 3 is 3.23 bits per heavy atom. The lowest BCUT2D eigenvalue weighted by Gasteiger charge is -1.93. The zero-order valence-corrected chi connectivity index (χ0v) is 8.34. The Morgan fingerprint density at radius 1 is 1.46 bits per heavy atom. The minimum Gasteiger partial charge on any atom is -0.244 e. The van der Waals surface area contributed by atoms with Crippen molar-refractivity contribution in [2.24, 2.45) is 0 Å². The van der Waals surface area contributed by atoms with Crippen LogP contribution in [0, 0.1) is 0 Å². The molecule has 0 aliphatic rings. The van der Waals surface area contributed by atoms with Crippen LogP contribution in [0.4, 0.5) is 0 Å². The van der Waals surface area contributed by atoms with Gasteiger partial charge in [-0.3, -0.25) is 0 Å². The third-order valence-corrected chi connectivity index (χ3v) is 2.72. The average molecular weight is 189 g/mol. The van der Waals surface area contributed by atoms with E-state index in [2.05, 4.69) is 42.3 Å². The van der Waals surface area contributed by atoms with Gasteiger partial charge >= 0.3 is 0 Å². The molecule has 0 aliphatic heterocycles. The van der Waals surface area contributed by atoms with E-state index < -0.39 is 0 Å². The van der Waals surface area contributed by atoms with E-state index in [9.17, 15) is 0 Å². The zero-order valence-electron chi connectivity index (χ0n) is 7.53. The Kier molecular flexibility index (Phi) is 2.41. The second-order valence-corrected chi connectivity index (χ2v) is 3.74. The van der Waals surface area contributed by atoms with Crippen LogP contribution in [0.25, 0.3) is 16.3 Å². The van der Waals surface area contributed by atoms with Gasteiger partial charge in [0, 0.05) is 5.56 Å². The molecule has 0 atom stereocenters. The molecule has 1 heterocycles. The first-order valence-electron chi connectivity index (χ1n) is 4.40. The van der Waals surface area contributed by atoms with Gasteiger partial charge in [0.05, 0.1) is 15.7 Å². The lowest BCUT2D eigenvalue weighted by molar-refractivity contribution is 1.23. The zero-order chi connectivity index (χ0) is 9.10. The highest BCUT2D eigenvalue weighted by Gasteiger charge is 1.98. The van der Waals surface area contributed by atoms with Gasteiger partial charge in [0.1, 0.15) is 0 Å². The number of para-hydroxylation sites is 1. The van der Waals surface area contributed by atoms with Crippen LogP contribution in [0.15, 0.2) is 29.8 Å². The van der Waals surface area contributed by atoms with Gasteiger partial charge in [0.25, 0.3) is 0 Å². The fourth-order valence-electron chi connectivity index (χ4n) is 1.29. The first-order valence-corrected chi connectivity index (χ1v) is 5.28. The smallest absolute Gasteiger partial charge is 0.0884 e. The van der Waals surface area contributed by atoms with E-state index in [0.29, 0.717) is 0 Å². The van der Waals surface area contributed by atoms with Crippen LogP contribution in [-0.2, 0) is 0 Å².